The number of nitrogens with one attached hydrogen (secondary N) is 1. The van der Waals surface area contributed by atoms with Gasteiger partial charge in [-0.2, -0.15) is 0 Å². The van der Waals surface area contributed by atoms with E-state index in [9.17, 15) is 14.4 Å². The Morgan fingerprint density at radius 3 is 2.41 bits per heavy atom. The number of para-hydroxylation sites is 1. The smallest absolute Gasteiger partial charge is 0.312 e. The van der Waals surface area contributed by atoms with Gasteiger partial charge in [0.15, 0.2) is 6.10 Å². The average Bonchev–Trinajstić information content (AvgIpc) is 3.04. The summed E-state index contributed by atoms with van der Waals surface area (Å²) < 4.78 is 5.29. The van der Waals surface area contributed by atoms with E-state index in [-0.39, 0.29) is 12.3 Å². The van der Waals surface area contributed by atoms with Gasteiger partial charge < -0.3 is 15.0 Å². The lowest BCUT2D eigenvalue weighted by molar-refractivity contribution is -0.157. The monoisotopic (exact) mass is 366 g/mol. The molecular weight excluding hydrogens is 344 g/mol. The molecule has 1 aliphatic heterocycles. The second kappa shape index (κ2) is 8.49. The number of carbonyl (C=O) groups excluding carboxylic acids is 3. The Hall–Kier alpha value is -3.15. The van der Waals surface area contributed by atoms with Crippen molar-refractivity contribution in [1.82, 2.24) is 4.90 Å². The Kier molecular flexibility index (Phi) is 5.86. The Labute approximate surface area is 158 Å². The maximum atomic E-state index is 12.4. The van der Waals surface area contributed by atoms with Crippen molar-refractivity contribution < 1.29 is 19.1 Å². The summed E-state index contributed by atoms with van der Waals surface area (Å²) in [4.78, 5) is 38.4. The molecule has 2 aromatic carbocycles. The molecule has 140 valence electrons. The quantitative estimate of drug-likeness (QED) is 0.798. The van der Waals surface area contributed by atoms with Gasteiger partial charge in [0.25, 0.3) is 5.91 Å². The average molecular weight is 366 g/mol. The zero-order valence-corrected chi connectivity index (χ0v) is 15.1. The molecule has 1 heterocycles. The first-order valence-corrected chi connectivity index (χ1v) is 8.91. The van der Waals surface area contributed by atoms with Crippen LogP contribution in [-0.4, -0.2) is 35.3 Å². The Morgan fingerprint density at radius 1 is 1.11 bits per heavy atom. The minimum absolute atomic E-state index is 0.0813. The molecule has 0 bridgehead atoms. The molecule has 2 amide bonds. The number of hydrogen-bond donors (Lipinski definition) is 1. The number of hydrogen-bond acceptors (Lipinski definition) is 4. The number of amides is 2. The third kappa shape index (κ3) is 4.94. The highest BCUT2D eigenvalue weighted by atomic mass is 16.5. The number of carbonyl (C=O) groups is 3. The summed E-state index contributed by atoms with van der Waals surface area (Å²) in [6.07, 6.45) is -0.824. The van der Waals surface area contributed by atoms with Crippen molar-refractivity contribution in [3.8, 4) is 0 Å². The number of benzene rings is 2. The molecule has 0 aromatic heterocycles. The number of rotatable bonds is 6. The summed E-state index contributed by atoms with van der Waals surface area (Å²) in [5.41, 5.74) is 1.64. The molecule has 6 heteroatoms. The summed E-state index contributed by atoms with van der Waals surface area (Å²) in [5.74, 6) is -1.55. The van der Waals surface area contributed by atoms with Crippen LogP contribution in [0, 0.1) is 5.92 Å². The van der Waals surface area contributed by atoms with E-state index in [0.29, 0.717) is 18.8 Å². The molecule has 3 rings (SSSR count). The predicted octanol–water partition coefficient (Wildman–Crippen LogP) is 2.61. The lowest BCUT2D eigenvalue weighted by atomic mass is 10.1. The SMILES string of the molecule is C[C@@H](OC(=O)[C@@H]1CC(=O)N(Cc2ccccc2)C1)C(=O)Nc1ccccc1. The summed E-state index contributed by atoms with van der Waals surface area (Å²) >= 11 is 0. The Balaban J connectivity index is 1.52. The van der Waals surface area contributed by atoms with Crippen LogP contribution in [0.3, 0.4) is 0 Å². The highest BCUT2D eigenvalue weighted by molar-refractivity contribution is 5.95. The van der Waals surface area contributed by atoms with E-state index in [1.54, 1.807) is 29.2 Å². The van der Waals surface area contributed by atoms with Gasteiger partial charge in [-0.25, -0.2) is 0 Å². The highest BCUT2D eigenvalue weighted by Gasteiger charge is 2.36. The van der Waals surface area contributed by atoms with Crippen molar-refractivity contribution in [3.63, 3.8) is 0 Å². The Morgan fingerprint density at radius 2 is 1.74 bits per heavy atom. The van der Waals surface area contributed by atoms with Crippen LogP contribution in [0.5, 0.6) is 0 Å². The van der Waals surface area contributed by atoms with Crippen LogP contribution in [0.4, 0.5) is 5.69 Å². The van der Waals surface area contributed by atoms with Crippen molar-refractivity contribution in [2.24, 2.45) is 5.92 Å². The van der Waals surface area contributed by atoms with Gasteiger partial charge >= 0.3 is 5.97 Å². The lowest BCUT2D eigenvalue weighted by Gasteiger charge is -2.18. The van der Waals surface area contributed by atoms with Crippen LogP contribution in [0.2, 0.25) is 0 Å². The standard InChI is InChI=1S/C21H22N2O4/c1-15(20(25)22-18-10-6-3-7-11-18)27-21(26)17-12-19(24)23(14-17)13-16-8-4-2-5-9-16/h2-11,15,17H,12-14H2,1H3,(H,22,25)/t15-,17-/m1/s1. The second-order valence-electron chi connectivity index (χ2n) is 6.60. The minimum Gasteiger partial charge on any atom is -0.452 e. The van der Waals surface area contributed by atoms with Gasteiger partial charge in [0, 0.05) is 25.2 Å². The van der Waals surface area contributed by atoms with Gasteiger partial charge in [-0.3, -0.25) is 14.4 Å². The van der Waals surface area contributed by atoms with Gasteiger partial charge in [-0.05, 0) is 24.6 Å². The first-order chi connectivity index (χ1) is 13.0. The van der Waals surface area contributed by atoms with E-state index >= 15 is 0 Å². The summed E-state index contributed by atoms with van der Waals surface area (Å²) in [6.45, 7) is 2.29. The summed E-state index contributed by atoms with van der Waals surface area (Å²) in [6, 6.07) is 18.6. The molecular formula is C21H22N2O4. The van der Waals surface area contributed by atoms with Gasteiger partial charge in [-0.15, -0.1) is 0 Å². The molecule has 2 atom stereocenters. The molecule has 0 unspecified atom stereocenters. The molecule has 0 radical (unpaired) electrons. The largest absolute Gasteiger partial charge is 0.452 e. The Bertz CT molecular complexity index is 807. The predicted molar refractivity (Wildman–Crippen MR) is 101 cm³/mol. The highest BCUT2D eigenvalue weighted by Crippen LogP contribution is 2.22. The molecule has 0 saturated carbocycles. The fourth-order valence-corrected chi connectivity index (χ4v) is 2.98. The third-order valence-corrected chi connectivity index (χ3v) is 4.47. The van der Waals surface area contributed by atoms with E-state index in [1.807, 2.05) is 36.4 Å². The van der Waals surface area contributed by atoms with Crippen molar-refractivity contribution in [2.45, 2.75) is 26.0 Å². The number of anilines is 1. The normalized spacial score (nSPS) is 17.4. The fourth-order valence-electron chi connectivity index (χ4n) is 2.98. The lowest BCUT2D eigenvalue weighted by Crippen LogP contribution is -2.33. The summed E-state index contributed by atoms with van der Waals surface area (Å²) in [7, 11) is 0. The second-order valence-corrected chi connectivity index (χ2v) is 6.60. The van der Waals surface area contributed by atoms with E-state index in [2.05, 4.69) is 5.32 Å². The van der Waals surface area contributed by atoms with E-state index in [1.165, 1.54) is 6.92 Å². The molecule has 1 aliphatic rings. The third-order valence-electron chi connectivity index (χ3n) is 4.47. The minimum atomic E-state index is -0.934. The number of nitrogens with zero attached hydrogens (tertiary/aromatic N) is 1. The molecule has 0 spiro atoms. The number of ether oxygens (including phenoxy) is 1. The van der Waals surface area contributed by atoms with Crippen LogP contribution in [0.15, 0.2) is 60.7 Å². The van der Waals surface area contributed by atoms with Crippen molar-refractivity contribution in [3.05, 3.63) is 66.2 Å². The summed E-state index contributed by atoms with van der Waals surface area (Å²) in [5, 5.41) is 2.69. The molecule has 0 aliphatic carbocycles. The molecule has 27 heavy (non-hydrogen) atoms. The maximum absolute atomic E-state index is 12.4. The maximum Gasteiger partial charge on any atom is 0.312 e. The topological polar surface area (TPSA) is 75.7 Å². The molecule has 6 nitrogen and oxygen atoms in total. The molecule has 1 fully saturated rings. The van der Waals surface area contributed by atoms with Crippen LogP contribution >= 0.6 is 0 Å². The van der Waals surface area contributed by atoms with Gasteiger partial charge in [0.05, 0.1) is 5.92 Å². The van der Waals surface area contributed by atoms with E-state index < -0.39 is 23.9 Å². The van der Waals surface area contributed by atoms with Crippen molar-refractivity contribution >= 4 is 23.5 Å². The van der Waals surface area contributed by atoms with E-state index in [0.717, 1.165) is 5.56 Å². The van der Waals surface area contributed by atoms with Crippen molar-refractivity contribution in [1.29, 1.82) is 0 Å². The molecule has 1 N–H and O–H groups in total. The van der Waals surface area contributed by atoms with Crippen LogP contribution in [0.1, 0.15) is 18.9 Å². The first-order valence-electron chi connectivity index (χ1n) is 8.91. The first kappa shape index (κ1) is 18.6. The van der Waals surface area contributed by atoms with E-state index in [4.69, 9.17) is 4.74 Å². The van der Waals surface area contributed by atoms with Crippen LogP contribution in [0.25, 0.3) is 0 Å². The number of likely N-dealkylation sites (tertiary alicyclic amines) is 1. The number of esters is 1. The fraction of sp³-hybridized carbons (Fsp3) is 0.286. The zero-order chi connectivity index (χ0) is 19.2. The van der Waals surface area contributed by atoms with Crippen molar-refractivity contribution in [2.75, 3.05) is 11.9 Å². The van der Waals surface area contributed by atoms with Gasteiger partial charge in [-0.1, -0.05) is 48.5 Å². The zero-order valence-electron chi connectivity index (χ0n) is 15.1. The molecule has 2 aromatic rings. The van der Waals surface area contributed by atoms with Gasteiger partial charge in [0.2, 0.25) is 5.91 Å². The van der Waals surface area contributed by atoms with Crippen LogP contribution < -0.4 is 5.32 Å². The van der Waals surface area contributed by atoms with Gasteiger partial charge in [0.1, 0.15) is 0 Å². The molecule has 1 saturated heterocycles. The van der Waals surface area contributed by atoms with Crippen LogP contribution in [-0.2, 0) is 25.7 Å².